The molecule has 27 heavy (non-hydrogen) atoms. The zero-order valence-electron chi connectivity index (χ0n) is 15.0. The first kappa shape index (κ1) is 17.3. The SMILES string of the molecule is COC(=O)NCc1cc(N2CCC(c3ccc4c(c3)CCO4)=N2)ccc1F. The van der Waals surface area contributed by atoms with E-state index in [0.717, 1.165) is 48.7 Å². The van der Waals surface area contributed by atoms with Gasteiger partial charge in [-0.25, -0.2) is 9.18 Å². The number of nitrogens with one attached hydrogen (secondary N) is 1. The van der Waals surface area contributed by atoms with E-state index in [-0.39, 0.29) is 12.4 Å². The zero-order valence-corrected chi connectivity index (χ0v) is 15.0. The van der Waals surface area contributed by atoms with Crippen LogP contribution in [0.15, 0.2) is 41.5 Å². The lowest BCUT2D eigenvalue weighted by atomic mass is 10.0. The largest absolute Gasteiger partial charge is 0.493 e. The van der Waals surface area contributed by atoms with E-state index < -0.39 is 6.09 Å². The number of alkyl carbamates (subject to hydrolysis) is 1. The van der Waals surface area contributed by atoms with Gasteiger partial charge in [0.15, 0.2) is 0 Å². The van der Waals surface area contributed by atoms with Gasteiger partial charge in [-0.05, 0) is 47.5 Å². The number of hydrogen-bond acceptors (Lipinski definition) is 5. The number of rotatable bonds is 4. The molecular formula is C20H20FN3O3. The highest BCUT2D eigenvalue weighted by Crippen LogP contribution is 2.29. The summed E-state index contributed by atoms with van der Waals surface area (Å²) in [6, 6.07) is 11.0. The summed E-state index contributed by atoms with van der Waals surface area (Å²) in [5.74, 6) is 0.577. The van der Waals surface area contributed by atoms with Gasteiger partial charge in [-0.3, -0.25) is 5.01 Å². The second-order valence-electron chi connectivity index (χ2n) is 6.46. The molecule has 0 saturated heterocycles. The van der Waals surface area contributed by atoms with Crippen molar-refractivity contribution in [1.82, 2.24) is 5.32 Å². The maximum atomic E-state index is 14.0. The lowest BCUT2D eigenvalue weighted by molar-refractivity contribution is 0.170. The van der Waals surface area contributed by atoms with E-state index in [9.17, 15) is 9.18 Å². The number of hydrogen-bond donors (Lipinski definition) is 1. The average molecular weight is 369 g/mol. The molecule has 0 atom stereocenters. The molecule has 2 heterocycles. The standard InChI is InChI=1S/C20H20FN3O3/c1-26-20(25)22-12-15-11-16(3-4-17(15)21)24-8-6-18(23-24)13-2-5-19-14(10-13)7-9-27-19/h2-5,10-11H,6-9,12H2,1H3,(H,22,25). The molecule has 2 aromatic rings. The van der Waals surface area contributed by atoms with Gasteiger partial charge in [0.2, 0.25) is 0 Å². The molecule has 2 aliphatic heterocycles. The van der Waals surface area contributed by atoms with Crippen molar-refractivity contribution in [2.24, 2.45) is 5.10 Å². The van der Waals surface area contributed by atoms with E-state index >= 15 is 0 Å². The molecule has 0 aliphatic carbocycles. The molecule has 2 aliphatic rings. The number of halogens is 1. The van der Waals surface area contributed by atoms with Crippen LogP contribution in [0.5, 0.6) is 5.75 Å². The number of nitrogens with zero attached hydrogens (tertiary/aromatic N) is 2. The minimum absolute atomic E-state index is 0.0571. The molecule has 2 aromatic carbocycles. The van der Waals surface area contributed by atoms with Crippen molar-refractivity contribution < 1.29 is 18.7 Å². The number of anilines is 1. The highest BCUT2D eigenvalue weighted by molar-refractivity contribution is 6.03. The van der Waals surface area contributed by atoms with Gasteiger partial charge in [0.1, 0.15) is 11.6 Å². The number of methoxy groups -OCH3 is 1. The fraction of sp³-hybridized carbons (Fsp3) is 0.300. The molecule has 1 amide bonds. The quantitative estimate of drug-likeness (QED) is 0.899. The van der Waals surface area contributed by atoms with Gasteiger partial charge >= 0.3 is 6.09 Å². The molecule has 0 aromatic heterocycles. The van der Waals surface area contributed by atoms with Crippen LogP contribution in [0.4, 0.5) is 14.9 Å². The Morgan fingerprint density at radius 3 is 3.04 bits per heavy atom. The van der Waals surface area contributed by atoms with Crippen molar-refractivity contribution in [2.75, 3.05) is 25.3 Å². The van der Waals surface area contributed by atoms with Crippen molar-refractivity contribution in [3.8, 4) is 5.75 Å². The first-order valence-corrected chi connectivity index (χ1v) is 8.85. The van der Waals surface area contributed by atoms with Gasteiger partial charge in [0.25, 0.3) is 0 Å². The second kappa shape index (κ2) is 7.26. The van der Waals surface area contributed by atoms with Crippen LogP contribution in [-0.2, 0) is 17.7 Å². The van der Waals surface area contributed by atoms with Crippen molar-refractivity contribution in [2.45, 2.75) is 19.4 Å². The van der Waals surface area contributed by atoms with Crippen LogP contribution in [0.3, 0.4) is 0 Å². The fourth-order valence-corrected chi connectivity index (χ4v) is 3.31. The van der Waals surface area contributed by atoms with Gasteiger partial charge in [-0.1, -0.05) is 0 Å². The Morgan fingerprint density at radius 2 is 2.19 bits per heavy atom. The van der Waals surface area contributed by atoms with E-state index in [0.29, 0.717) is 5.56 Å². The van der Waals surface area contributed by atoms with Gasteiger partial charge in [0, 0.05) is 31.5 Å². The molecule has 0 radical (unpaired) electrons. The third-order valence-electron chi connectivity index (χ3n) is 4.76. The van der Waals surface area contributed by atoms with E-state index in [1.165, 1.54) is 18.7 Å². The van der Waals surface area contributed by atoms with E-state index in [1.54, 1.807) is 12.1 Å². The zero-order chi connectivity index (χ0) is 18.8. The molecule has 0 bridgehead atoms. The highest BCUT2D eigenvalue weighted by Gasteiger charge is 2.20. The van der Waals surface area contributed by atoms with Crippen molar-refractivity contribution >= 4 is 17.5 Å². The predicted octanol–water partition coefficient (Wildman–Crippen LogP) is 3.23. The van der Waals surface area contributed by atoms with E-state index in [1.807, 2.05) is 17.1 Å². The summed E-state index contributed by atoms with van der Waals surface area (Å²) in [7, 11) is 1.27. The first-order chi connectivity index (χ1) is 13.1. The Balaban J connectivity index is 1.53. The Morgan fingerprint density at radius 1 is 1.30 bits per heavy atom. The molecule has 140 valence electrons. The smallest absolute Gasteiger partial charge is 0.407 e. The molecule has 0 spiro atoms. The monoisotopic (exact) mass is 369 g/mol. The maximum absolute atomic E-state index is 14.0. The molecule has 7 heteroatoms. The summed E-state index contributed by atoms with van der Waals surface area (Å²) in [6.07, 6.45) is 1.14. The summed E-state index contributed by atoms with van der Waals surface area (Å²) < 4.78 is 24.1. The minimum atomic E-state index is -0.595. The lowest BCUT2D eigenvalue weighted by Crippen LogP contribution is -2.23. The second-order valence-corrected chi connectivity index (χ2v) is 6.46. The highest BCUT2D eigenvalue weighted by atomic mass is 19.1. The Labute approximate surface area is 156 Å². The fourth-order valence-electron chi connectivity index (χ4n) is 3.31. The third kappa shape index (κ3) is 3.58. The Kier molecular flexibility index (Phi) is 4.66. The summed E-state index contributed by atoms with van der Waals surface area (Å²) in [4.78, 5) is 11.2. The molecule has 4 rings (SSSR count). The first-order valence-electron chi connectivity index (χ1n) is 8.85. The van der Waals surface area contributed by atoms with E-state index in [2.05, 4.69) is 16.1 Å². The van der Waals surface area contributed by atoms with Crippen LogP contribution in [0.1, 0.15) is 23.1 Å². The van der Waals surface area contributed by atoms with Crippen molar-refractivity contribution in [1.29, 1.82) is 0 Å². The van der Waals surface area contributed by atoms with Gasteiger partial charge in [-0.15, -0.1) is 0 Å². The summed E-state index contributed by atoms with van der Waals surface area (Å²) in [5.41, 5.74) is 4.49. The summed E-state index contributed by atoms with van der Waals surface area (Å²) >= 11 is 0. The number of benzene rings is 2. The topological polar surface area (TPSA) is 63.2 Å². The average Bonchev–Trinajstić information content (AvgIpc) is 3.35. The van der Waals surface area contributed by atoms with Gasteiger partial charge in [0.05, 0.1) is 25.1 Å². The van der Waals surface area contributed by atoms with Crippen molar-refractivity contribution in [3.63, 3.8) is 0 Å². The molecule has 0 unspecified atom stereocenters. The lowest BCUT2D eigenvalue weighted by Gasteiger charge is -2.15. The van der Waals surface area contributed by atoms with E-state index in [4.69, 9.17) is 9.84 Å². The summed E-state index contributed by atoms with van der Waals surface area (Å²) in [6.45, 7) is 1.51. The van der Waals surface area contributed by atoms with Crippen LogP contribution in [0.2, 0.25) is 0 Å². The number of carbonyl (C=O) groups is 1. The van der Waals surface area contributed by atoms with Crippen molar-refractivity contribution in [3.05, 3.63) is 58.9 Å². The van der Waals surface area contributed by atoms with Crippen LogP contribution in [0.25, 0.3) is 0 Å². The number of amides is 1. The maximum Gasteiger partial charge on any atom is 0.407 e. The Bertz CT molecular complexity index is 913. The molecular weight excluding hydrogens is 349 g/mol. The molecule has 0 fully saturated rings. The van der Waals surface area contributed by atoms with Crippen LogP contribution < -0.4 is 15.1 Å². The molecule has 1 N–H and O–H groups in total. The number of fused-ring (bicyclic) bond motifs is 1. The minimum Gasteiger partial charge on any atom is -0.493 e. The van der Waals surface area contributed by atoms with Crippen LogP contribution >= 0.6 is 0 Å². The predicted molar refractivity (Wildman–Crippen MR) is 99.8 cm³/mol. The third-order valence-corrected chi connectivity index (χ3v) is 4.76. The molecule has 0 saturated carbocycles. The Hall–Kier alpha value is -3.09. The number of ether oxygens (including phenoxy) is 2. The van der Waals surface area contributed by atoms with Crippen LogP contribution in [0, 0.1) is 5.82 Å². The number of hydrazone groups is 1. The van der Waals surface area contributed by atoms with Gasteiger partial charge < -0.3 is 14.8 Å². The molecule has 6 nitrogen and oxygen atoms in total. The summed E-state index contributed by atoms with van der Waals surface area (Å²) in [5, 5.41) is 9.07. The van der Waals surface area contributed by atoms with Gasteiger partial charge in [-0.2, -0.15) is 5.10 Å². The van der Waals surface area contributed by atoms with Crippen LogP contribution in [-0.4, -0.2) is 32.1 Å². The normalized spacial score (nSPS) is 15.2. The number of carbonyl (C=O) groups excluding carboxylic acids is 1.